The van der Waals surface area contributed by atoms with Crippen LogP contribution in [0.15, 0.2) is 28.8 Å². The van der Waals surface area contributed by atoms with Crippen molar-refractivity contribution in [1.82, 2.24) is 20.4 Å². The molecule has 2 aliphatic rings. The maximum absolute atomic E-state index is 12.8. The fourth-order valence-corrected chi connectivity index (χ4v) is 5.58. The van der Waals surface area contributed by atoms with Gasteiger partial charge >= 0.3 is 0 Å². The van der Waals surface area contributed by atoms with E-state index in [1.54, 1.807) is 0 Å². The van der Waals surface area contributed by atoms with Crippen LogP contribution in [0.25, 0.3) is 11.1 Å². The first-order valence-electron chi connectivity index (χ1n) is 12.2. The summed E-state index contributed by atoms with van der Waals surface area (Å²) in [6.45, 7) is 8.43. The van der Waals surface area contributed by atoms with Gasteiger partial charge in [0.15, 0.2) is 0 Å². The molecule has 1 saturated heterocycles. The Balaban J connectivity index is 1.32. The van der Waals surface area contributed by atoms with E-state index in [2.05, 4.69) is 58.5 Å². The second-order valence-corrected chi connectivity index (χ2v) is 9.97. The molecule has 3 unspecified atom stereocenters. The number of amides is 1. The van der Waals surface area contributed by atoms with E-state index >= 15 is 0 Å². The molecular weight excluding hydrogens is 414 g/mol. The summed E-state index contributed by atoms with van der Waals surface area (Å²) >= 11 is 0. The van der Waals surface area contributed by atoms with E-state index in [1.165, 1.54) is 17.5 Å². The monoisotopic (exact) mass is 447 g/mol. The topological polar surface area (TPSA) is 84.1 Å². The van der Waals surface area contributed by atoms with E-state index in [9.17, 15) is 4.79 Å². The van der Waals surface area contributed by atoms with Gasteiger partial charge in [-0.1, -0.05) is 43.3 Å². The van der Waals surface area contributed by atoms with E-state index in [-0.39, 0.29) is 11.9 Å². The van der Waals surface area contributed by atoms with Crippen molar-refractivity contribution in [1.29, 1.82) is 0 Å². The Hall–Kier alpha value is -2.96. The lowest BCUT2D eigenvalue weighted by molar-refractivity contribution is -0.121. The van der Waals surface area contributed by atoms with Crippen LogP contribution in [0, 0.1) is 18.8 Å². The molecule has 0 bridgehead atoms. The zero-order chi connectivity index (χ0) is 22.9. The first-order valence-corrected chi connectivity index (χ1v) is 12.2. The molecule has 1 aliphatic heterocycles. The lowest BCUT2D eigenvalue weighted by Gasteiger charge is -2.36. The quantitative estimate of drug-likeness (QED) is 0.618. The number of rotatable bonds is 5. The fourth-order valence-electron chi connectivity index (χ4n) is 5.58. The van der Waals surface area contributed by atoms with Crippen LogP contribution in [0.1, 0.15) is 68.2 Å². The molecule has 7 heteroatoms. The molecule has 1 N–H and O–H groups in total. The van der Waals surface area contributed by atoms with Gasteiger partial charge in [-0.2, -0.15) is 4.98 Å². The standard InChI is InChI=1S/C26H33N5O2/c1-16-13-17(2)15-31(14-16)25-24-18(3)30-33-26(24)29-22(28-25)11-12-23(32)27-21-10-6-8-19-7-4-5-9-20(19)21/h4-5,7,9,16-17,21H,6,8,10-15H2,1-3H3,(H,27,32). The van der Waals surface area contributed by atoms with Crippen molar-refractivity contribution in [2.75, 3.05) is 18.0 Å². The second kappa shape index (κ2) is 9.12. The number of aryl methyl sites for hydroxylation is 3. The molecule has 1 aliphatic carbocycles. The Morgan fingerprint density at radius 3 is 2.79 bits per heavy atom. The summed E-state index contributed by atoms with van der Waals surface area (Å²) in [7, 11) is 0. The highest BCUT2D eigenvalue weighted by Gasteiger charge is 2.27. The van der Waals surface area contributed by atoms with Crippen molar-refractivity contribution in [3.8, 4) is 0 Å². The van der Waals surface area contributed by atoms with Crippen molar-refractivity contribution in [3.05, 3.63) is 46.9 Å². The number of fused-ring (bicyclic) bond motifs is 2. The second-order valence-electron chi connectivity index (χ2n) is 9.97. The first-order chi connectivity index (χ1) is 16.0. The number of nitrogens with one attached hydrogen (secondary N) is 1. The molecule has 174 valence electrons. The molecular formula is C26H33N5O2. The molecule has 33 heavy (non-hydrogen) atoms. The lowest BCUT2D eigenvalue weighted by Crippen LogP contribution is -2.39. The van der Waals surface area contributed by atoms with Gasteiger partial charge in [0.2, 0.25) is 5.91 Å². The average Bonchev–Trinajstić information content (AvgIpc) is 3.17. The third-order valence-electron chi connectivity index (χ3n) is 6.98. The van der Waals surface area contributed by atoms with E-state index in [4.69, 9.17) is 9.51 Å². The summed E-state index contributed by atoms with van der Waals surface area (Å²) in [4.78, 5) is 24.7. The van der Waals surface area contributed by atoms with Gasteiger partial charge in [-0.3, -0.25) is 4.79 Å². The van der Waals surface area contributed by atoms with Gasteiger partial charge in [0.25, 0.3) is 5.71 Å². The molecule has 3 aromatic rings. The largest absolute Gasteiger partial charge is 0.355 e. The van der Waals surface area contributed by atoms with E-state index in [0.29, 0.717) is 36.2 Å². The third-order valence-corrected chi connectivity index (χ3v) is 6.98. The van der Waals surface area contributed by atoms with Crippen LogP contribution in [-0.4, -0.2) is 34.1 Å². The number of hydrogen-bond donors (Lipinski definition) is 1. The number of nitrogens with zero attached hydrogens (tertiary/aromatic N) is 4. The number of hydrogen-bond acceptors (Lipinski definition) is 6. The fraction of sp³-hybridized carbons (Fsp3) is 0.538. The number of carbonyl (C=O) groups excluding carboxylic acids is 1. The van der Waals surface area contributed by atoms with E-state index < -0.39 is 0 Å². The summed E-state index contributed by atoms with van der Waals surface area (Å²) in [5.74, 6) is 2.78. The Morgan fingerprint density at radius 2 is 1.97 bits per heavy atom. The first kappa shape index (κ1) is 21.9. The molecule has 3 heterocycles. The lowest BCUT2D eigenvalue weighted by atomic mass is 9.87. The van der Waals surface area contributed by atoms with Gasteiger partial charge in [0.1, 0.15) is 17.0 Å². The molecule has 5 rings (SSSR count). The van der Waals surface area contributed by atoms with Crippen molar-refractivity contribution in [2.45, 2.75) is 65.3 Å². The van der Waals surface area contributed by atoms with Crippen LogP contribution in [0.2, 0.25) is 0 Å². The molecule has 1 amide bonds. The normalized spacial score (nSPS) is 22.9. The minimum absolute atomic E-state index is 0.0379. The van der Waals surface area contributed by atoms with E-state index in [1.807, 2.05) is 6.92 Å². The van der Waals surface area contributed by atoms with Crippen LogP contribution in [0.3, 0.4) is 0 Å². The summed E-state index contributed by atoms with van der Waals surface area (Å²) in [5.41, 5.74) is 3.92. The zero-order valence-electron chi connectivity index (χ0n) is 19.8. The SMILES string of the molecule is Cc1noc2nc(CCC(=O)NC3CCCc4ccccc43)nc(N3CC(C)CC(C)C3)c12. The predicted octanol–water partition coefficient (Wildman–Crippen LogP) is 4.53. The van der Waals surface area contributed by atoms with Crippen molar-refractivity contribution in [2.24, 2.45) is 11.8 Å². The predicted molar refractivity (Wildman–Crippen MR) is 128 cm³/mol. The maximum Gasteiger partial charge on any atom is 0.263 e. The molecule has 2 aromatic heterocycles. The average molecular weight is 448 g/mol. The number of benzene rings is 1. The molecule has 1 fully saturated rings. The number of aromatic nitrogens is 3. The summed E-state index contributed by atoms with van der Waals surface area (Å²) in [5, 5.41) is 8.27. The highest BCUT2D eigenvalue weighted by atomic mass is 16.5. The van der Waals surface area contributed by atoms with Gasteiger partial charge in [0.05, 0.1) is 11.7 Å². The minimum Gasteiger partial charge on any atom is -0.355 e. The highest BCUT2D eigenvalue weighted by Crippen LogP contribution is 2.32. The number of piperidine rings is 1. The smallest absolute Gasteiger partial charge is 0.263 e. The van der Waals surface area contributed by atoms with Crippen molar-refractivity contribution in [3.63, 3.8) is 0 Å². The Kier molecular flexibility index (Phi) is 6.04. The Bertz CT molecular complexity index is 1150. The minimum atomic E-state index is 0.0379. The van der Waals surface area contributed by atoms with Crippen molar-refractivity contribution < 1.29 is 9.32 Å². The Labute approximate surface area is 195 Å². The van der Waals surface area contributed by atoms with Crippen LogP contribution in [-0.2, 0) is 17.6 Å². The van der Waals surface area contributed by atoms with Crippen molar-refractivity contribution >= 4 is 22.8 Å². The van der Waals surface area contributed by atoms with Gasteiger partial charge in [-0.15, -0.1) is 0 Å². The van der Waals surface area contributed by atoms with Crippen LogP contribution in [0.4, 0.5) is 5.82 Å². The van der Waals surface area contributed by atoms with Gasteiger partial charge in [-0.05, 0) is 55.6 Å². The van der Waals surface area contributed by atoms with E-state index in [0.717, 1.165) is 49.2 Å². The molecule has 3 atom stereocenters. The molecule has 1 aromatic carbocycles. The zero-order valence-corrected chi connectivity index (χ0v) is 19.8. The highest BCUT2D eigenvalue weighted by molar-refractivity contribution is 5.88. The molecule has 0 spiro atoms. The summed E-state index contributed by atoms with van der Waals surface area (Å²) in [6, 6.07) is 8.52. The van der Waals surface area contributed by atoms with Crippen LogP contribution in [0.5, 0.6) is 0 Å². The summed E-state index contributed by atoms with van der Waals surface area (Å²) in [6.07, 6.45) is 5.22. The number of carbonyl (C=O) groups is 1. The van der Waals surface area contributed by atoms with Gasteiger partial charge in [-0.25, -0.2) is 4.98 Å². The molecule has 0 radical (unpaired) electrons. The van der Waals surface area contributed by atoms with Crippen LogP contribution < -0.4 is 10.2 Å². The van der Waals surface area contributed by atoms with Gasteiger partial charge in [0, 0.05) is 25.9 Å². The molecule has 0 saturated carbocycles. The number of anilines is 1. The molecule has 7 nitrogen and oxygen atoms in total. The maximum atomic E-state index is 12.8. The Morgan fingerprint density at radius 1 is 1.18 bits per heavy atom. The summed E-state index contributed by atoms with van der Waals surface area (Å²) < 4.78 is 5.51. The van der Waals surface area contributed by atoms with Crippen LogP contribution >= 0.6 is 0 Å². The van der Waals surface area contributed by atoms with Gasteiger partial charge < -0.3 is 14.7 Å². The third kappa shape index (κ3) is 4.59.